The summed E-state index contributed by atoms with van der Waals surface area (Å²) in [4.78, 5) is 39.6. The second-order valence-corrected chi connectivity index (χ2v) is 9.10. The van der Waals surface area contributed by atoms with Crippen LogP contribution in [0.5, 0.6) is 5.75 Å². The molecule has 0 aromatic heterocycles. The molecule has 6 atom stereocenters. The number of ether oxygens (including phenoxy) is 1. The topological polar surface area (TPSA) is 63.7 Å². The number of imide groups is 1. The molecule has 1 aliphatic heterocycles. The molecular formula is C26H23NO4. The molecule has 4 aliphatic carbocycles. The third-order valence-corrected chi connectivity index (χ3v) is 7.49. The zero-order valence-corrected chi connectivity index (χ0v) is 17.0. The Morgan fingerprint density at radius 3 is 2.03 bits per heavy atom. The van der Waals surface area contributed by atoms with Gasteiger partial charge in [0.15, 0.2) is 0 Å². The molecule has 7 rings (SSSR count). The zero-order valence-electron chi connectivity index (χ0n) is 17.0. The van der Waals surface area contributed by atoms with Crippen molar-refractivity contribution in [2.75, 3.05) is 6.54 Å². The van der Waals surface area contributed by atoms with Crippen molar-refractivity contribution in [1.82, 2.24) is 4.90 Å². The molecule has 1 heterocycles. The van der Waals surface area contributed by atoms with Gasteiger partial charge in [0.1, 0.15) is 5.75 Å². The van der Waals surface area contributed by atoms with E-state index < -0.39 is 5.97 Å². The number of nitrogens with zero attached hydrogens (tertiary/aromatic N) is 1. The van der Waals surface area contributed by atoms with Gasteiger partial charge >= 0.3 is 5.97 Å². The molecule has 0 N–H and O–H groups in total. The van der Waals surface area contributed by atoms with Gasteiger partial charge in [0.25, 0.3) is 0 Å². The molecule has 31 heavy (non-hydrogen) atoms. The van der Waals surface area contributed by atoms with Gasteiger partial charge in [-0.3, -0.25) is 19.3 Å². The molecule has 2 saturated carbocycles. The van der Waals surface area contributed by atoms with Gasteiger partial charge in [-0.05, 0) is 53.4 Å². The minimum Gasteiger partial charge on any atom is -0.426 e. The molecule has 156 valence electrons. The molecule has 2 amide bonds. The van der Waals surface area contributed by atoms with Crippen LogP contribution < -0.4 is 4.74 Å². The van der Waals surface area contributed by atoms with Crippen molar-refractivity contribution in [3.63, 3.8) is 0 Å². The molecule has 1 saturated heterocycles. The van der Waals surface area contributed by atoms with Crippen LogP contribution >= 0.6 is 0 Å². The predicted octanol–water partition coefficient (Wildman–Crippen LogP) is 3.70. The summed E-state index contributed by atoms with van der Waals surface area (Å²) in [5.74, 6) is 0.966. The Bertz CT molecular complexity index is 1050. The Balaban J connectivity index is 1.08. The van der Waals surface area contributed by atoms with Crippen LogP contribution in [0.1, 0.15) is 12.8 Å². The van der Waals surface area contributed by atoms with Crippen LogP contribution in [-0.2, 0) is 14.4 Å². The molecule has 3 fully saturated rings. The van der Waals surface area contributed by atoms with Gasteiger partial charge in [0, 0.05) is 6.54 Å². The van der Waals surface area contributed by atoms with E-state index in [0.717, 1.165) is 17.5 Å². The number of carbonyl (C=O) groups excluding carboxylic acids is 3. The van der Waals surface area contributed by atoms with Gasteiger partial charge in [-0.1, -0.05) is 54.6 Å². The smallest absolute Gasteiger partial charge is 0.312 e. The number of esters is 1. The number of amides is 2. The number of allylic oxidation sites excluding steroid dienone is 2. The maximum atomic E-state index is 13.0. The fourth-order valence-electron chi connectivity index (χ4n) is 5.97. The van der Waals surface area contributed by atoms with E-state index >= 15 is 0 Å². The quantitative estimate of drug-likeness (QED) is 0.325. The van der Waals surface area contributed by atoms with Gasteiger partial charge in [-0.25, -0.2) is 0 Å². The Kier molecular flexibility index (Phi) is 4.13. The number of likely N-dealkylation sites (tertiary alicyclic amines) is 1. The van der Waals surface area contributed by atoms with E-state index in [1.165, 1.54) is 4.90 Å². The third kappa shape index (κ3) is 2.94. The average Bonchev–Trinajstić information content (AvgIpc) is 3.58. The minimum atomic E-state index is -0.438. The predicted molar refractivity (Wildman–Crippen MR) is 114 cm³/mol. The van der Waals surface area contributed by atoms with Crippen LogP contribution in [0.2, 0.25) is 0 Å². The van der Waals surface area contributed by atoms with E-state index in [9.17, 15) is 14.4 Å². The Morgan fingerprint density at radius 2 is 1.42 bits per heavy atom. The molecule has 5 heteroatoms. The summed E-state index contributed by atoms with van der Waals surface area (Å²) in [5.41, 5.74) is 2.13. The highest BCUT2D eigenvalue weighted by atomic mass is 16.5. The Morgan fingerprint density at radius 1 is 0.839 bits per heavy atom. The van der Waals surface area contributed by atoms with E-state index in [-0.39, 0.29) is 48.5 Å². The van der Waals surface area contributed by atoms with Gasteiger partial charge in [0.2, 0.25) is 11.8 Å². The van der Waals surface area contributed by atoms with Crippen LogP contribution in [0.25, 0.3) is 11.1 Å². The highest BCUT2D eigenvalue weighted by Crippen LogP contribution is 2.65. The summed E-state index contributed by atoms with van der Waals surface area (Å²) in [6.07, 6.45) is 5.46. The maximum absolute atomic E-state index is 13.0. The first kappa shape index (κ1) is 18.6. The monoisotopic (exact) mass is 413 g/mol. The lowest BCUT2D eigenvalue weighted by Crippen LogP contribution is -2.40. The molecule has 2 bridgehead atoms. The minimum absolute atomic E-state index is 0.00692. The summed E-state index contributed by atoms with van der Waals surface area (Å²) < 4.78 is 5.43. The highest BCUT2D eigenvalue weighted by Gasteiger charge is 2.66. The van der Waals surface area contributed by atoms with Crippen molar-refractivity contribution in [2.45, 2.75) is 12.8 Å². The second kappa shape index (κ2) is 6.91. The number of benzene rings is 2. The van der Waals surface area contributed by atoms with E-state index in [1.54, 1.807) is 12.1 Å². The maximum Gasteiger partial charge on any atom is 0.312 e. The third-order valence-electron chi connectivity index (χ3n) is 7.49. The summed E-state index contributed by atoms with van der Waals surface area (Å²) in [6.45, 7) is 0.0976. The largest absolute Gasteiger partial charge is 0.426 e. The standard InChI is InChI=1S/C26H23NO4/c28-22(31-17-8-6-16(7-9-17)15-4-2-1-3-5-15)12-13-27-25(29)23-18-10-11-19(21-14-20(18)21)24(23)26(27)30/h1-11,18-21,23-24H,12-14H2/t18-,19+,20-,21-,23+,24-/m1/s1. The van der Waals surface area contributed by atoms with Crippen LogP contribution in [0.4, 0.5) is 0 Å². The summed E-state index contributed by atoms with van der Waals surface area (Å²) in [6, 6.07) is 17.3. The zero-order chi connectivity index (χ0) is 21.1. The van der Waals surface area contributed by atoms with Crippen molar-refractivity contribution < 1.29 is 19.1 Å². The fourth-order valence-corrected chi connectivity index (χ4v) is 5.97. The molecule has 2 aromatic rings. The van der Waals surface area contributed by atoms with E-state index in [0.29, 0.717) is 17.6 Å². The Labute approximate surface area is 180 Å². The van der Waals surface area contributed by atoms with Crippen molar-refractivity contribution in [2.24, 2.45) is 35.5 Å². The summed E-state index contributed by atoms with van der Waals surface area (Å²) in [7, 11) is 0. The average molecular weight is 413 g/mol. The van der Waals surface area contributed by atoms with Gasteiger partial charge < -0.3 is 4.74 Å². The lowest BCUT2D eigenvalue weighted by atomic mass is 9.63. The van der Waals surface area contributed by atoms with Gasteiger partial charge in [0.05, 0.1) is 18.3 Å². The van der Waals surface area contributed by atoms with Gasteiger partial charge in [-0.15, -0.1) is 0 Å². The molecule has 0 unspecified atom stereocenters. The van der Waals surface area contributed by atoms with E-state index in [4.69, 9.17) is 4.74 Å². The molecule has 0 spiro atoms. The van der Waals surface area contributed by atoms with E-state index in [2.05, 4.69) is 12.2 Å². The van der Waals surface area contributed by atoms with Crippen LogP contribution in [0, 0.1) is 35.5 Å². The fraction of sp³-hybridized carbons (Fsp3) is 0.346. The molecule has 2 aromatic carbocycles. The number of rotatable bonds is 5. The molecular weight excluding hydrogens is 390 g/mol. The van der Waals surface area contributed by atoms with Crippen molar-refractivity contribution in [3.05, 3.63) is 66.7 Å². The lowest BCUT2D eigenvalue weighted by Gasteiger charge is -2.37. The number of hydrogen-bond donors (Lipinski definition) is 0. The van der Waals surface area contributed by atoms with Crippen LogP contribution in [0.15, 0.2) is 66.7 Å². The van der Waals surface area contributed by atoms with E-state index in [1.807, 2.05) is 42.5 Å². The van der Waals surface area contributed by atoms with Crippen LogP contribution in [0.3, 0.4) is 0 Å². The second-order valence-electron chi connectivity index (χ2n) is 9.10. The van der Waals surface area contributed by atoms with Crippen molar-refractivity contribution >= 4 is 17.8 Å². The molecule has 5 aliphatic rings. The first-order chi connectivity index (χ1) is 15.1. The first-order valence-electron chi connectivity index (χ1n) is 11.0. The van der Waals surface area contributed by atoms with Crippen molar-refractivity contribution in [3.8, 4) is 16.9 Å². The number of carbonyl (C=O) groups is 3. The number of hydrogen-bond acceptors (Lipinski definition) is 4. The van der Waals surface area contributed by atoms with Crippen LogP contribution in [-0.4, -0.2) is 29.2 Å². The summed E-state index contributed by atoms with van der Waals surface area (Å²) in [5, 5.41) is 0. The Hall–Kier alpha value is -3.21. The highest BCUT2D eigenvalue weighted by molar-refractivity contribution is 6.06. The lowest BCUT2D eigenvalue weighted by molar-refractivity contribution is -0.141. The molecule has 0 radical (unpaired) electrons. The normalized spacial score (nSPS) is 32.1. The molecule has 5 nitrogen and oxygen atoms in total. The summed E-state index contributed by atoms with van der Waals surface area (Å²) >= 11 is 0. The SMILES string of the molecule is O=C(CCN1C(=O)[C@@H]2[C@H]3C=C[C@H]([C@H]4C[C@H]34)[C@@H]2C1=O)Oc1ccc(-c2ccccc2)cc1. The van der Waals surface area contributed by atoms with Gasteiger partial charge in [-0.2, -0.15) is 0 Å². The first-order valence-corrected chi connectivity index (χ1v) is 11.0. The van der Waals surface area contributed by atoms with Crippen molar-refractivity contribution in [1.29, 1.82) is 0 Å².